The third-order valence-electron chi connectivity index (χ3n) is 10.7. The van der Waals surface area contributed by atoms with Crippen molar-refractivity contribution >= 4 is 34.8 Å². The second-order valence-corrected chi connectivity index (χ2v) is 16.0. The largest absolute Gasteiger partial charge is 0.497 e. The Kier molecular flexibility index (Phi) is 11.3. The molecule has 2 aromatic rings. The zero-order valence-electron chi connectivity index (χ0n) is 32.0. The summed E-state index contributed by atoms with van der Waals surface area (Å²) in [5.74, 6) is -2.72. The molecule has 6 rings (SSSR count). The number of esters is 1. The van der Waals surface area contributed by atoms with Gasteiger partial charge in [-0.15, -0.1) is 0 Å². The van der Waals surface area contributed by atoms with Crippen LogP contribution in [-0.4, -0.2) is 99.2 Å². The summed E-state index contributed by atoms with van der Waals surface area (Å²) in [5.41, 5.74) is -4.96. The van der Waals surface area contributed by atoms with E-state index in [4.69, 9.17) is 18.9 Å². The fourth-order valence-electron chi connectivity index (χ4n) is 7.99. The van der Waals surface area contributed by atoms with Gasteiger partial charge in [0.15, 0.2) is 11.9 Å². The highest BCUT2D eigenvalue weighted by atomic mass is 19.4. The maximum Gasteiger partial charge on any atom is 0.420 e. The van der Waals surface area contributed by atoms with Gasteiger partial charge in [0.05, 0.1) is 31.9 Å². The third-order valence-corrected chi connectivity index (χ3v) is 10.7. The first kappa shape index (κ1) is 41.0. The number of allylic oxidation sites excluding steroid dienone is 1. The zero-order valence-corrected chi connectivity index (χ0v) is 32.0. The first-order valence-electron chi connectivity index (χ1n) is 18.9. The molecule has 2 unspecified atom stereocenters. The van der Waals surface area contributed by atoms with E-state index >= 15 is 0 Å². The van der Waals surface area contributed by atoms with Crippen LogP contribution in [0.1, 0.15) is 103 Å². The topological polar surface area (TPSA) is 186 Å². The lowest BCUT2D eigenvalue weighted by molar-refractivity contribution is -0.208. The van der Waals surface area contributed by atoms with E-state index in [9.17, 15) is 42.6 Å². The van der Waals surface area contributed by atoms with Crippen LogP contribution in [0.3, 0.4) is 0 Å². The van der Waals surface area contributed by atoms with Gasteiger partial charge in [-0.05, 0) is 71.6 Å². The first-order chi connectivity index (χ1) is 26.3. The molecule has 1 saturated heterocycles. The highest BCUT2D eigenvalue weighted by molar-refractivity contribution is 5.97. The molecule has 1 saturated carbocycles. The van der Waals surface area contributed by atoms with E-state index in [2.05, 4.69) is 15.6 Å². The minimum atomic E-state index is -5.18. The number of alkyl halides is 3. The summed E-state index contributed by atoms with van der Waals surface area (Å²) in [7, 11) is 1.39. The molecule has 4 aliphatic rings. The summed E-state index contributed by atoms with van der Waals surface area (Å²) >= 11 is 0. The summed E-state index contributed by atoms with van der Waals surface area (Å²) < 4.78 is 65.1. The molecule has 306 valence electrons. The number of rotatable bonds is 5. The predicted octanol–water partition coefficient (Wildman–Crippen LogP) is 4.85. The Morgan fingerprint density at radius 3 is 2.57 bits per heavy atom. The van der Waals surface area contributed by atoms with E-state index in [1.165, 1.54) is 30.2 Å². The molecule has 1 aromatic heterocycles. The van der Waals surface area contributed by atoms with Crippen LogP contribution in [0.5, 0.6) is 11.5 Å². The van der Waals surface area contributed by atoms with Gasteiger partial charge in [-0.2, -0.15) is 13.2 Å². The number of benzene rings is 1. The second kappa shape index (κ2) is 15.4. The zero-order chi connectivity index (χ0) is 40.8. The van der Waals surface area contributed by atoms with Crippen molar-refractivity contribution in [3.8, 4) is 11.5 Å². The van der Waals surface area contributed by atoms with Crippen molar-refractivity contribution in [2.45, 2.75) is 126 Å². The highest BCUT2D eigenvalue weighted by Crippen LogP contribution is 2.52. The van der Waals surface area contributed by atoms with E-state index < -0.39 is 89.1 Å². The molecular formula is C39H49F3N4O10. The van der Waals surface area contributed by atoms with Gasteiger partial charge >= 0.3 is 18.2 Å². The van der Waals surface area contributed by atoms with Crippen LogP contribution in [0.25, 0.3) is 10.9 Å². The van der Waals surface area contributed by atoms with Crippen molar-refractivity contribution in [3.63, 3.8) is 0 Å². The van der Waals surface area contributed by atoms with Crippen molar-refractivity contribution < 1.29 is 61.5 Å². The molecule has 1 aliphatic carbocycles. The molecule has 14 nitrogen and oxygen atoms in total. The number of alkyl carbamates (subject to hydrolysis) is 1. The monoisotopic (exact) mass is 790 g/mol. The van der Waals surface area contributed by atoms with Crippen LogP contribution in [0.15, 0.2) is 30.4 Å². The normalized spacial score (nSPS) is 29.4. The molecule has 1 aromatic carbocycles. The van der Waals surface area contributed by atoms with E-state index in [1.807, 2.05) is 12.2 Å². The van der Waals surface area contributed by atoms with Crippen LogP contribution in [0, 0.1) is 5.92 Å². The number of hydrogen-bond donors (Lipinski definition) is 4. The quantitative estimate of drug-likeness (QED) is 0.240. The Balaban J connectivity index is 1.44. The number of amides is 3. The van der Waals surface area contributed by atoms with Gasteiger partial charge in [-0.1, -0.05) is 25.0 Å². The molecule has 0 bridgehead atoms. The number of aliphatic hydroxyl groups excluding tert-OH is 2. The minimum Gasteiger partial charge on any atom is -0.497 e. The van der Waals surface area contributed by atoms with Gasteiger partial charge < -0.3 is 44.7 Å². The number of halogens is 3. The number of aromatic nitrogens is 1. The Hall–Kier alpha value is -4.64. The molecule has 3 aliphatic heterocycles. The van der Waals surface area contributed by atoms with E-state index in [-0.39, 0.29) is 54.7 Å². The Bertz CT molecular complexity index is 1900. The van der Waals surface area contributed by atoms with Crippen LogP contribution in [0.4, 0.5) is 18.0 Å². The SMILES string of the molecule is CCOC(=O)[C@@]12C[C@H]1/C=C\CCCCC[C@H](NC(=O)OC(C)(C)C)C(=O)N1C[C@@]3(CC(O)c4c(c(C(O)C(F)(F)F)nc5ccc(OC)cc45)O3)C[C@H]1C(=O)N2. The number of pyridine rings is 1. The highest BCUT2D eigenvalue weighted by Gasteiger charge is 2.63. The summed E-state index contributed by atoms with van der Waals surface area (Å²) in [6.07, 6.45) is -4.48. The van der Waals surface area contributed by atoms with Crippen molar-refractivity contribution in [2.75, 3.05) is 20.3 Å². The minimum absolute atomic E-state index is 0.0310. The number of methoxy groups -OCH3 is 1. The molecule has 4 heterocycles. The van der Waals surface area contributed by atoms with Crippen LogP contribution < -0.4 is 20.1 Å². The number of nitrogens with zero attached hydrogens (tertiary/aromatic N) is 2. The number of fused-ring (bicyclic) bond motifs is 5. The molecule has 17 heteroatoms. The number of carbonyl (C=O) groups is 4. The Morgan fingerprint density at radius 1 is 1.14 bits per heavy atom. The Labute approximate surface area is 322 Å². The van der Waals surface area contributed by atoms with Crippen LogP contribution in [-0.2, 0) is 23.9 Å². The number of hydrogen-bond acceptors (Lipinski definition) is 11. The predicted molar refractivity (Wildman–Crippen MR) is 193 cm³/mol. The Morgan fingerprint density at radius 2 is 1.89 bits per heavy atom. The van der Waals surface area contributed by atoms with Gasteiger partial charge in [0, 0.05) is 29.7 Å². The fourth-order valence-corrected chi connectivity index (χ4v) is 7.99. The maximum absolute atomic E-state index is 14.7. The summed E-state index contributed by atoms with van der Waals surface area (Å²) in [5, 5.41) is 28.1. The van der Waals surface area contributed by atoms with Crippen LogP contribution >= 0.6 is 0 Å². The molecule has 2 fully saturated rings. The summed E-state index contributed by atoms with van der Waals surface area (Å²) in [6.45, 7) is 6.25. The summed E-state index contributed by atoms with van der Waals surface area (Å²) in [6, 6.07) is 1.77. The lowest BCUT2D eigenvalue weighted by Gasteiger charge is -2.39. The lowest BCUT2D eigenvalue weighted by atomic mass is 9.84. The molecule has 7 atom stereocenters. The fraction of sp³-hybridized carbons (Fsp3) is 0.615. The number of carbonyl (C=O) groups excluding carboxylic acids is 4. The van der Waals surface area contributed by atoms with Crippen molar-refractivity contribution in [1.82, 2.24) is 20.5 Å². The maximum atomic E-state index is 14.7. The first-order valence-corrected chi connectivity index (χ1v) is 18.9. The van der Waals surface area contributed by atoms with E-state index in [0.717, 1.165) is 6.42 Å². The molecular weight excluding hydrogens is 741 g/mol. The van der Waals surface area contributed by atoms with Gasteiger partial charge in [-0.25, -0.2) is 14.6 Å². The van der Waals surface area contributed by atoms with Gasteiger partial charge in [0.25, 0.3) is 0 Å². The lowest BCUT2D eigenvalue weighted by Crippen LogP contribution is -2.57. The standard InChI is InChI=1S/C39H49F3N4O10/c1-6-54-34(51)38-17-21(38)12-10-8-7-9-11-13-25(44-35(52)56-36(2,3)4)33(50)46-20-37(18-26(46)32(49)45-38)19-27(47)28-23-16-22(53-5)14-15-24(23)43-29(30(28)55-37)31(48)39(40,41)42/h10,12,14-16,21,25-27,31,47-48H,6-9,11,13,17-20H2,1-5H3,(H,44,52)(H,45,49)/b12-10-/t21-,25+,26+,27?,31?,37+,38-/m1/s1. The van der Waals surface area contributed by atoms with E-state index in [0.29, 0.717) is 25.0 Å². The molecule has 1 spiro atoms. The average molecular weight is 791 g/mol. The molecule has 4 N–H and O–H groups in total. The average Bonchev–Trinajstić information content (AvgIpc) is 3.69. The molecule has 3 amide bonds. The van der Waals surface area contributed by atoms with Gasteiger partial charge in [0.1, 0.15) is 40.3 Å². The number of nitrogens with one attached hydrogen (secondary N) is 2. The number of ether oxygens (including phenoxy) is 4. The van der Waals surface area contributed by atoms with Crippen molar-refractivity contribution in [1.29, 1.82) is 0 Å². The third kappa shape index (κ3) is 8.24. The summed E-state index contributed by atoms with van der Waals surface area (Å²) in [4.78, 5) is 60.9. The van der Waals surface area contributed by atoms with Gasteiger partial charge in [-0.3, -0.25) is 9.59 Å². The number of aliphatic hydroxyl groups is 2. The molecule has 0 radical (unpaired) electrons. The molecule has 56 heavy (non-hydrogen) atoms. The van der Waals surface area contributed by atoms with Gasteiger partial charge in [0.2, 0.25) is 11.8 Å². The van der Waals surface area contributed by atoms with Crippen molar-refractivity contribution in [3.05, 3.63) is 41.6 Å². The van der Waals surface area contributed by atoms with E-state index in [1.54, 1.807) is 27.7 Å². The van der Waals surface area contributed by atoms with Crippen LogP contribution in [0.2, 0.25) is 0 Å². The van der Waals surface area contributed by atoms with Crippen molar-refractivity contribution in [2.24, 2.45) is 5.92 Å². The smallest absolute Gasteiger partial charge is 0.420 e. The second-order valence-electron chi connectivity index (χ2n) is 16.0.